The van der Waals surface area contributed by atoms with Crippen LogP contribution in [0.5, 0.6) is 0 Å². The lowest BCUT2D eigenvalue weighted by molar-refractivity contribution is -0.139. The summed E-state index contributed by atoms with van der Waals surface area (Å²) in [5.74, 6) is -0.0168. The third kappa shape index (κ3) is 2.89. The molecular formula is C10H11N3O3S. The van der Waals surface area contributed by atoms with E-state index in [9.17, 15) is 4.79 Å². The van der Waals surface area contributed by atoms with Crippen molar-refractivity contribution in [3.63, 3.8) is 0 Å². The third-order valence-corrected chi connectivity index (χ3v) is 2.86. The number of rotatable bonds is 5. The molecule has 0 amide bonds. The normalized spacial score (nSPS) is 12.5. The Balaban J connectivity index is 1.97. The molecule has 0 unspecified atom stereocenters. The van der Waals surface area contributed by atoms with Crippen LogP contribution in [0, 0.1) is 0 Å². The van der Waals surface area contributed by atoms with Crippen LogP contribution in [-0.2, 0) is 11.3 Å². The average molecular weight is 253 g/mol. The summed E-state index contributed by atoms with van der Waals surface area (Å²) in [7, 11) is 0. The molecule has 2 heterocycles. The summed E-state index contributed by atoms with van der Waals surface area (Å²) in [5.41, 5.74) is 0.875. The first kappa shape index (κ1) is 11.7. The molecule has 0 aromatic carbocycles. The van der Waals surface area contributed by atoms with Crippen LogP contribution >= 0.6 is 11.3 Å². The Morgan fingerprint density at radius 3 is 3.18 bits per heavy atom. The van der Waals surface area contributed by atoms with Crippen molar-refractivity contribution < 1.29 is 14.4 Å². The molecular weight excluding hydrogens is 242 g/mol. The second-order valence-corrected chi connectivity index (χ2v) is 4.25. The fourth-order valence-corrected chi connectivity index (χ4v) is 1.79. The molecule has 90 valence electrons. The summed E-state index contributed by atoms with van der Waals surface area (Å²) in [6.07, 6.45) is 0. The van der Waals surface area contributed by atoms with Crippen molar-refractivity contribution in [2.45, 2.75) is 19.5 Å². The van der Waals surface area contributed by atoms with Crippen LogP contribution in [0.3, 0.4) is 0 Å². The molecule has 2 N–H and O–H groups in total. The molecule has 0 saturated carbocycles. The number of carbonyl (C=O) groups is 1. The van der Waals surface area contributed by atoms with Crippen LogP contribution in [-0.4, -0.2) is 27.3 Å². The molecule has 7 heteroatoms. The van der Waals surface area contributed by atoms with Crippen LogP contribution in [0.1, 0.15) is 12.7 Å². The lowest BCUT2D eigenvalue weighted by Gasteiger charge is -2.05. The highest BCUT2D eigenvalue weighted by molar-refractivity contribution is 7.08. The number of nitrogens with zero attached hydrogens (tertiary/aromatic N) is 2. The molecule has 0 saturated heterocycles. The summed E-state index contributed by atoms with van der Waals surface area (Å²) in [6, 6.07) is 1.24. The Hall–Kier alpha value is -1.73. The summed E-state index contributed by atoms with van der Waals surface area (Å²) in [6.45, 7) is 1.82. The summed E-state index contributed by atoms with van der Waals surface area (Å²) >= 11 is 1.54. The number of thiophene rings is 1. The van der Waals surface area contributed by atoms with Gasteiger partial charge in [0, 0.05) is 5.38 Å². The van der Waals surface area contributed by atoms with E-state index in [0.717, 1.165) is 5.56 Å². The molecule has 0 aliphatic heterocycles. The van der Waals surface area contributed by atoms with Gasteiger partial charge < -0.3 is 9.63 Å². The van der Waals surface area contributed by atoms with E-state index in [1.165, 1.54) is 0 Å². The van der Waals surface area contributed by atoms with Gasteiger partial charge in [-0.2, -0.15) is 16.3 Å². The second-order valence-electron chi connectivity index (χ2n) is 3.47. The Labute approximate surface area is 101 Å². The van der Waals surface area contributed by atoms with Gasteiger partial charge in [0.05, 0.1) is 12.1 Å². The number of carboxylic acid groups (broad SMARTS) is 1. The number of hydrogen-bond donors (Lipinski definition) is 2. The van der Waals surface area contributed by atoms with E-state index in [1.807, 2.05) is 16.8 Å². The zero-order chi connectivity index (χ0) is 12.3. The van der Waals surface area contributed by atoms with Crippen LogP contribution in [0.25, 0.3) is 11.5 Å². The first-order valence-corrected chi connectivity index (χ1v) is 5.92. The highest BCUT2D eigenvalue weighted by Crippen LogP contribution is 2.19. The van der Waals surface area contributed by atoms with Gasteiger partial charge in [-0.05, 0) is 18.4 Å². The quantitative estimate of drug-likeness (QED) is 0.836. The maximum Gasteiger partial charge on any atom is 0.320 e. The zero-order valence-corrected chi connectivity index (χ0v) is 9.90. The molecule has 1 atom stereocenters. The summed E-state index contributed by atoms with van der Waals surface area (Å²) in [5, 5.41) is 19.1. The van der Waals surface area contributed by atoms with Gasteiger partial charge in [-0.3, -0.25) is 10.1 Å². The van der Waals surface area contributed by atoms with Crippen molar-refractivity contribution >= 4 is 17.3 Å². The number of aliphatic carboxylic acids is 1. The predicted molar refractivity (Wildman–Crippen MR) is 61.5 cm³/mol. The smallest absolute Gasteiger partial charge is 0.320 e. The first-order valence-electron chi connectivity index (χ1n) is 4.98. The first-order chi connectivity index (χ1) is 8.16. The molecule has 0 radical (unpaired) electrons. The molecule has 0 aliphatic carbocycles. The van der Waals surface area contributed by atoms with Gasteiger partial charge in [0.25, 0.3) is 5.89 Å². The molecule has 0 spiro atoms. The van der Waals surface area contributed by atoms with Crippen LogP contribution in [0.15, 0.2) is 21.3 Å². The molecule has 0 bridgehead atoms. The monoisotopic (exact) mass is 253 g/mol. The number of carboxylic acids is 1. The van der Waals surface area contributed by atoms with Crippen molar-refractivity contribution in [1.29, 1.82) is 0 Å². The lowest BCUT2D eigenvalue weighted by Crippen LogP contribution is -2.33. The van der Waals surface area contributed by atoms with E-state index in [4.69, 9.17) is 9.63 Å². The molecule has 2 rings (SSSR count). The van der Waals surface area contributed by atoms with Gasteiger partial charge >= 0.3 is 5.97 Å². The van der Waals surface area contributed by atoms with Gasteiger partial charge in [0.2, 0.25) is 0 Å². The van der Waals surface area contributed by atoms with E-state index >= 15 is 0 Å². The topological polar surface area (TPSA) is 88.3 Å². The average Bonchev–Trinajstić information content (AvgIpc) is 2.95. The molecule has 2 aromatic rings. The molecule has 2 aromatic heterocycles. The Morgan fingerprint density at radius 1 is 1.71 bits per heavy atom. The van der Waals surface area contributed by atoms with Crippen molar-refractivity contribution in [1.82, 2.24) is 15.5 Å². The van der Waals surface area contributed by atoms with Crippen LogP contribution < -0.4 is 5.32 Å². The third-order valence-electron chi connectivity index (χ3n) is 2.17. The number of hydrogen-bond acceptors (Lipinski definition) is 6. The maximum absolute atomic E-state index is 10.6. The predicted octanol–water partition coefficient (Wildman–Crippen LogP) is 1.36. The van der Waals surface area contributed by atoms with E-state index in [0.29, 0.717) is 11.7 Å². The van der Waals surface area contributed by atoms with Gasteiger partial charge in [0.1, 0.15) is 6.04 Å². The second kappa shape index (κ2) is 5.07. The fraction of sp³-hybridized carbons (Fsp3) is 0.300. The Kier molecular flexibility index (Phi) is 3.50. The van der Waals surface area contributed by atoms with E-state index in [2.05, 4.69) is 15.5 Å². The summed E-state index contributed by atoms with van der Waals surface area (Å²) < 4.78 is 5.06. The van der Waals surface area contributed by atoms with E-state index in [1.54, 1.807) is 18.3 Å². The lowest BCUT2D eigenvalue weighted by atomic mass is 10.3. The SMILES string of the molecule is C[C@@H](NCc1noc(-c2ccsc2)n1)C(=O)O. The zero-order valence-electron chi connectivity index (χ0n) is 9.08. The van der Waals surface area contributed by atoms with Crippen LogP contribution in [0.2, 0.25) is 0 Å². The van der Waals surface area contributed by atoms with Crippen molar-refractivity contribution in [2.75, 3.05) is 0 Å². The largest absolute Gasteiger partial charge is 0.480 e. The fourth-order valence-electron chi connectivity index (χ4n) is 1.16. The molecule has 0 aliphatic rings. The molecule has 17 heavy (non-hydrogen) atoms. The minimum atomic E-state index is -0.911. The number of nitrogens with one attached hydrogen (secondary N) is 1. The minimum Gasteiger partial charge on any atom is -0.480 e. The van der Waals surface area contributed by atoms with Gasteiger partial charge in [-0.1, -0.05) is 5.16 Å². The van der Waals surface area contributed by atoms with Gasteiger partial charge in [-0.25, -0.2) is 0 Å². The van der Waals surface area contributed by atoms with E-state index < -0.39 is 12.0 Å². The molecule has 0 fully saturated rings. The van der Waals surface area contributed by atoms with Gasteiger partial charge in [0.15, 0.2) is 5.82 Å². The van der Waals surface area contributed by atoms with Crippen molar-refractivity contribution in [3.05, 3.63) is 22.7 Å². The standard InChI is InChI=1S/C10H11N3O3S/c1-6(10(14)15)11-4-8-12-9(16-13-8)7-2-3-17-5-7/h2-3,5-6,11H,4H2,1H3,(H,14,15)/t6-/m1/s1. The summed E-state index contributed by atoms with van der Waals surface area (Å²) in [4.78, 5) is 14.7. The maximum atomic E-state index is 10.6. The molecule has 6 nitrogen and oxygen atoms in total. The van der Waals surface area contributed by atoms with Crippen molar-refractivity contribution in [2.24, 2.45) is 0 Å². The van der Waals surface area contributed by atoms with Crippen LogP contribution in [0.4, 0.5) is 0 Å². The Morgan fingerprint density at radius 2 is 2.53 bits per heavy atom. The highest BCUT2D eigenvalue weighted by atomic mass is 32.1. The van der Waals surface area contributed by atoms with Crippen molar-refractivity contribution in [3.8, 4) is 11.5 Å². The number of aromatic nitrogens is 2. The highest BCUT2D eigenvalue weighted by Gasteiger charge is 2.13. The Bertz CT molecular complexity index is 495. The van der Waals surface area contributed by atoms with E-state index in [-0.39, 0.29) is 6.54 Å². The minimum absolute atomic E-state index is 0.265. The van der Waals surface area contributed by atoms with Gasteiger partial charge in [-0.15, -0.1) is 0 Å².